The second-order valence-corrected chi connectivity index (χ2v) is 2.18. The fraction of sp³-hybridized carbons (Fsp3) is 0.857. The Kier molecular flexibility index (Phi) is 5.28. The van der Waals surface area contributed by atoms with Gasteiger partial charge < -0.3 is 4.74 Å². The fourth-order valence-corrected chi connectivity index (χ4v) is 0.632. The average Bonchev–Trinajstić information content (AvgIpc) is 1.85. The van der Waals surface area contributed by atoms with Crippen molar-refractivity contribution in [1.29, 1.82) is 0 Å². The molecule has 0 aromatic rings. The van der Waals surface area contributed by atoms with Crippen LogP contribution in [0.3, 0.4) is 0 Å². The SMILES string of the molecule is [CH2]COCCCCC(F)(F)F. The van der Waals surface area contributed by atoms with E-state index in [4.69, 9.17) is 4.74 Å². The molecule has 1 nitrogen and oxygen atoms in total. The summed E-state index contributed by atoms with van der Waals surface area (Å²) in [7, 11) is 0. The Morgan fingerprint density at radius 1 is 1.18 bits per heavy atom. The van der Waals surface area contributed by atoms with E-state index in [9.17, 15) is 13.2 Å². The van der Waals surface area contributed by atoms with E-state index in [-0.39, 0.29) is 6.42 Å². The summed E-state index contributed by atoms with van der Waals surface area (Å²) in [6, 6.07) is 0. The van der Waals surface area contributed by atoms with E-state index in [1.165, 1.54) is 0 Å². The summed E-state index contributed by atoms with van der Waals surface area (Å²) in [5, 5.41) is 0. The van der Waals surface area contributed by atoms with Gasteiger partial charge in [0.25, 0.3) is 0 Å². The van der Waals surface area contributed by atoms with Gasteiger partial charge in [-0.1, -0.05) is 0 Å². The molecule has 0 atom stereocenters. The smallest absolute Gasteiger partial charge is 0.381 e. The van der Waals surface area contributed by atoms with Gasteiger partial charge in [-0.05, 0) is 19.8 Å². The molecule has 0 aromatic heterocycles. The molecule has 0 amide bonds. The molecular formula is C7H12F3O. The van der Waals surface area contributed by atoms with Crippen molar-refractivity contribution in [2.45, 2.75) is 25.4 Å². The van der Waals surface area contributed by atoms with Gasteiger partial charge in [-0.25, -0.2) is 0 Å². The van der Waals surface area contributed by atoms with E-state index in [0.29, 0.717) is 19.6 Å². The van der Waals surface area contributed by atoms with Crippen LogP contribution in [0.25, 0.3) is 0 Å². The molecule has 4 heteroatoms. The Bertz CT molecular complexity index is 90.2. The minimum Gasteiger partial charge on any atom is -0.381 e. The normalized spacial score (nSPS) is 12.0. The van der Waals surface area contributed by atoms with Gasteiger partial charge in [-0.15, -0.1) is 0 Å². The Morgan fingerprint density at radius 2 is 1.82 bits per heavy atom. The highest BCUT2D eigenvalue weighted by atomic mass is 19.4. The highest BCUT2D eigenvalue weighted by molar-refractivity contribution is 4.50. The van der Waals surface area contributed by atoms with Crippen LogP contribution in [0, 0.1) is 6.92 Å². The summed E-state index contributed by atoms with van der Waals surface area (Å²) < 4.78 is 39.3. The molecule has 0 spiro atoms. The van der Waals surface area contributed by atoms with Gasteiger partial charge >= 0.3 is 6.18 Å². The first-order valence-electron chi connectivity index (χ1n) is 3.50. The van der Waals surface area contributed by atoms with Crippen LogP contribution >= 0.6 is 0 Å². The molecule has 1 radical (unpaired) electrons. The molecule has 0 rings (SSSR count). The van der Waals surface area contributed by atoms with Crippen molar-refractivity contribution in [2.24, 2.45) is 0 Å². The lowest BCUT2D eigenvalue weighted by molar-refractivity contribution is -0.136. The number of hydrogen-bond acceptors (Lipinski definition) is 1. The molecule has 0 saturated carbocycles. The number of unbranched alkanes of at least 4 members (excludes halogenated alkanes) is 1. The Morgan fingerprint density at radius 3 is 2.27 bits per heavy atom. The lowest BCUT2D eigenvalue weighted by Gasteiger charge is -2.04. The second-order valence-electron chi connectivity index (χ2n) is 2.18. The average molecular weight is 169 g/mol. The number of alkyl halides is 3. The molecule has 11 heavy (non-hydrogen) atoms. The second kappa shape index (κ2) is 5.41. The maximum absolute atomic E-state index is 11.5. The van der Waals surface area contributed by atoms with Gasteiger partial charge in [0.05, 0.1) is 0 Å². The van der Waals surface area contributed by atoms with Crippen molar-refractivity contribution in [2.75, 3.05) is 13.2 Å². The molecule has 0 unspecified atom stereocenters. The molecule has 0 saturated heterocycles. The first kappa shape index (κ1) is 10.8. The molecule has 0 aromatic carbocycles. The molecular weight excluding hydrogens is 157 g/mol. The number of ether oxygens (including phenoxy) is 1. The lowest BCUT2D eigenvalue weighted by atomic mass is 10.2. The van der Waals surface area contributed by atoms with E-state index in [2.05, 4.69) is 6.92 Å². The molecule has 0 heterocycles. The molecule has 0 N–H and O–H groups in total. The third-order valence-corrected chi connectivity index (χ3v) is 1.14. The van der Waals surface area contributed by atoms with Gasteiger partial charge in [0, 0.05) is 19.6 Å². The number of rotatable bonds is 5. The Balaban J connectivity index is 3.02. The van der Waals surface area contributed by atoms with Gasteiger partial charge in [0.2, 0.25) is 0 Å². The molecule has 0 fully saturated rings. The minimum atomic E-state index is -4.02. The fourth-order valence-electron chi connectivity index (χ4n) is 0.632. The summed E-state index contributed by atoms with van der Waals surface area (Å²) in [4.78, 5) is 0. The summed E-state index contributed by atoms with van der Waals surface area (Å²) in [6.45, 7) is 4.09. The first-order chi connectivity index (χ1) is 5.06. The Hall–Kier alpha value is -0.250. The van der Waals surface area contributed by atoms with Crippen LogP contribution in [0.2, 0.25) is 0 Å². The molecule has 0 aliphatic heterocycles. The molecule has 0 aliphatic carbocycles. The largest absolute Gasteiger partial charge is 0.389 e. The minimum absolute atomic E-state index is 0.142. The standard InChI is InChI=1S/C7H12F3O/c1-2-11-6-4-3-5-7(8,9)10/h1-6H2. The topological polar surface area (TPSA) is 9.23 Å². The van der Waals surface area contributed by atoms with Crippen molar-refractivity contribution < 1.29 is 17.9 Å². The highest BCUT2D eigenvalue weighted by Crippen LogP contribution is 2.21. The van der Waals surface area contributed by atoms with Crippen molar-refractivity contribution in [3.8, 4) is 0 Å². The van der Waals surface area contributed by atoms with Crippen molar-refractivity contribution >= 4 is 0 Å². The van der Waals surface area contributed by atoms with Crippen molar-refractivity contribution in [3.05, 3.63) is 6.92 Å². The van der Waals surface area contributed by atoms with Crippen molar-refractivity contribution in [1.82, 2.24) is 0 Å². The monoisotopic (exact) mass is 169 g/mol. The summed E-state index contributed by atoms with van der Waals surface area (Å²) in [6.07, 6.45) is -4.14. The zero-order chi connectivity index (χ0) is 8.74. The van der Waals surface area contributed by atoms with Crippen LogP contribution in [0.1, 0.15) is 19.3 Å². The predicted octanol–water partition coefficient (Wildman–Crippen LogP) is 2.57. The third kappa shape index (κ3) is 9.75. The maximum Gasteiger partial charge on any atom is 0.389 e. The quantitative estimate of drug-likeness (QED) is 0.575. The molecule has 67 valence electrons. The van der Waals surface area contributed by atoms with Gasteiger partial charge in [-0.3, -0.25) is 0 Å². The van der Waals surface area contributed by atoms with Crippen LogP contribution in [0.5, 0.6) is 0 Å². The summed E-state index contributed by atoms with van der Waals surface area (Å²) in [5.41, 5.74) is 0. The zero-order valence-corrected chi connectivity index (χ0v) is 6.28. The van der Waals surface area contributed by atoms with E-state index in [1.54, 1.807) is 0 Å². The van der Waals surface area contributed by atoms with Crippen LogP contribution in [-0.4, -0.2) is 19.4 Å². The molecule has 0 aliphatic rings. The van der Waals surface area contributed by atoms with E-state index in [0.717, 1.165) is 0 Å². The maximum atomic E-state index is 11.5. The number of hydrogen-bond donors (Lipinski definition) is 0. The van der Waals surface area contributed by atoms with Crippen molar-refractivity contribution in [3.63, 3.8) is 0 Å². The van der Waals surface area contributed by atoms with Crippen LogP contribution < -0.4 is 0 Å². The third-order valence-electron chi connectivity index (χ3n) is 1.14. The van der Waals surface area contributed by atoms with Gasteiger partial charge in [-0.2, -0.15) is 13.2 Å². The van der Waals surface area contributed by atoms with Crippen LogP contribution in [0.15, 0.2) is 0 Å². The van der Waals surface area contributed by atoms with E-state index < -0.39 is 12.6 Å². The highest BCUT2D eigenvalue weighted by Gasteiger charge is 2.25. The lowest BCUT2D eigenvalue weighted by Crippen LogP contribution is -2.07. The van der Waals surface area contributed by atoms with E-state index in [1.807, 2.05) is 0 Å². The zero-order valence-electron chi connectivity index (χ0n) is 6.28. The summed E-state index contributed by atoms with van der Waals surface area (Å²) >= 11 is 0. The van der Waals surface area contributed by atoms with Gasteiger partial charge in [0.15, 0.2) is 0 Å². The van der Waals surface area contributed by atoms with E-state index >= 15 is 0 Å². The summed E-state index contributed by atoms with van der Waals surface area (Å²) in [5.74, 6) is 0. The van der Waals surface area contributed by atoms with Gasteiger partial charge in [0.1, 0.15) is 0 Å². The predicted molar refractivity (Wildman–Crippen MR) is 36.1 cm³/mol. The number of halogens is 3. The Labute approximate surface area is 64.5 Å². The first-order valence-corrected chi connectivity index (χ1v) is 3.50. The van der Waals surface area contributed by atoms with Crippen LogP contribution in [0.4, 0.5) is 13.2 Å². The van der Waals surface area contributed by atoms with Crippen LogP contribution in [-0.2, 0) is 4.74 Å². The molecule has 0 bridgehead atoms.